The second-order valence-electron chi connectivity index (χ2n) is 14.8. The number of ether oxygens (including phenoxy) is 4. The van der Waals surface area contributed by atoms with Crippen LogP contribution in [0.25, 0.3) is 0 Å². The van der Waals surface area contributed by atoms with Crippen molar-refractivity contribution in [3.05, 3.63) is 59.7 Å². The van der Waals surface area contributed by atoms with Gasteiger partial charge in [-0.25, -0.2) is 4.79 Å². The van der Waals surface area contributed by atoms with Gasteiger partial charge in [-0.2, -0.15) is 0 Å². The van der Waals surface area contributed by atoms with Crippen LogP contribution in [0.4, 0.5) is 4.79 Å². The summed E-state index contributed by atoms with van der Waals surface area (Å²) in [5.41, 5.74) is 0.825. The molecule has 2 aromatic rings. The molecule has 2 aromatic carbocycles. The number of nitrogens with zero attached hydrogens (tertiary/aromatic N) is 2. The molecule has 2 fully saturated rings. The van der Waals surface area contributed by atoms with Crippen LogP contribution in [0.5, 0.6) is 11.5 Å². The first-order valence-corrected chi connectivity index (χ1v) is 18.0. The molecule has 10 heteroatoms. The maximum Gasteiger partial charge on any atom is 0.410 e. The summed E-state index contributed by atoms with van der Waals surface area (Å²) in [6, 6.07) is 16.1. The number of hydrogen-bond acceptors (Lipinski definition) is 7. The van der Waals surface area contributed by atoms with Gasteiger partial charge in [0, 0.05) is 76.2 Å². The normalized spacial score (nSPS) is 20.4. The molecule has 5 rings (SSSR count). The smallest absolute Gasteiger partial charge is 0.410 e. The van der Waals surface area contributed by atoms with Gasteiger partial charge >= 0.3 is 6.09 Å². The first kappa shape index (κ1) is 36.6. The van der Waals surface area contributed by atoms with Crippen molar-refractivity contribution < 1.29 is 33.3 Å². The quantitative estimate of drug-likeness (QED) is 0.268. The Morgan fingerprint density at radius 2 is 1.59 bits per heavy atom. The zero-order valence-corrected chi connectivity index (χ0v) is 30.0. The highest BCUT2D eigenvalue weighted by atomic mass is 16.6. The first-order valence-electron chi connectivity index (χ1n) is 18.0. The lowest BCUT2D eigenvalue weighted by molar-refractivity contribution is -0.140. The van der Waals surface area contributed by atoms with E-state index in [-0.39, 0.29) is 24.9 Å². The maximum atomic E-state index is 14.3. The van der Waals surface area contributed by atoms with E-state index >= 15 is 0 Å². The van der Waals surface area contributed by atoms with Crippen LogP contribution < -0.4 is 10.1 Å². The highest BCUT2D eigenvalue weighted by molar-refractivity contribution is 5.84. The van der Waals surface area contributed by atoms with E-state index in [2.05, 4.69) is 17.4 Å². The number of para-hydroxylation sites is 2. The minimum Gasteiger partial charge on any atom is -0.457 e. The summed E-state index contributed by atoms with van der Waals surface area (Å²) in [6.45, 7) is 11.5. The Labute approximate surface area is 291 Å². The minimum absolute atomic E-state index is 0.0121. The van der Waals surface area contributed by atoms with Crippen molar-refractivity contribution in [3.8, 4) is 11.5 Å². The van der Waals surface area contributed by atoms with Gasteiger partial charge in [0.25, 0.3) is 0 Å². The Morgan fingerprint density at radius 1 is 0.959 bits per heavy atom. The van der Waals surface area contributed by atoms with Crippen LogP contribution in [0, 0.1) is 17.8 Å². The Morgan fingerprint density at radius 3 is 2.20 bits per heavy atom. The molecular weight excluding hydrogens is 622 g/mol. The summed E-state index contributed by atoms with van der Waals surface area (Å²) in [4.78, 5) is 45.2. The van der Waals surface area contributed by atoms with Crippen LogP contribution in [-0.2, 0) is 29.2 Å². The third-order valence-electron chi connectivity index (χ3n) is 10.1. The monoisotopic (exact) mass is 677 g/mol. The summed E-state index contributed by atoms with van der Waals surface area (Å²) in [7, 11) is 1.71. The van der Waals surface area contributed by atoms with E-state index in [0.717, 1.165) is 54.7 Å². The van der Waals surface area contributed by atoms with Crippen molar-refractivity contribution >= 4 is 17.9 Å². The lowest BCUT2D eigenvalue weighted by atomic mass is 9.69. The van der Waals surface area contributed by atoms with Crippen molar-refractivity contribution in [2.45, 2.75) is 77.2 Å². The zero-order chi connectivity index (χ0) is 35.0. The lowest BCUT2D eigenvalue weighted by Gasteiger charge is -2.42. The molecule has 49 heavy (non-hydrogen) atoms. The molecule has 3 amide bonds. The lowest BCUT2D eigenvalue weighted by Crippen LogP contribution is -2.54. The number of hydrogen-bond donors (Lipinski definition) is 1. The van der Waals surface area contributed by atoms with Crippen molar-refractivity contribution in [1.29, 1.82) is 0 Å². The van der Waals surface area contributed by atoms with Gasteiger partial charge < -0.3 is 34.1 Å². The number of fused-ring (bicyclic) bond motifs is 2. The molecule has 3 aliphatic rings. The molecule has 1 N–H and O–H groups in total. The van der Waals surface area contributed by atoms with Crippen LogP contribution in [0.1, 0.15) is 77.3 Å². The number of piperidine rings is 1. The summed E-state index contributed by atoms with van der Waals surface area (Å²) < 4.78 is 23.0. The molecule has 268 valence electrons. The Bertz CT molecular complexity index is 1390. The first-order chi connectivity index (χ1) is 23.5. The Balaban J connectivity index is 1.39. The van der Waals surface area contributed by atoms with Gasteiger partial charge in [0.1, 0.15) is 17.1 Å². The van der Waals surface area contributed by atoms with E-state index in [4.69, 9.17) is 18.9 Å². The number of amides is 3. The molecule has 0 saturated carbocycles. The largest absolute Gasteiger partial charge is 0.457 e. The second-order valence-corrected chi connectivity index (χ2v) is 14.8. The third kappa shape index (κ3) is 8.94. The Hall–Kier alpha value is -3.63. The van der Waals surface area contributed by atoms with Crippen molar-refractivity contribution in [3.63, 3.8) is 0 Å². The summed E-state index contributed by atoms with van der Waals surface area (Å²) in [5, 5.41) is 3.32. The van der Waals surface area contributed by atoms with E-state index in [0.29, 0.717) is 51.8 Å². The van der Waals surface area contributed by atoms with Crippen LogP contribution in [0.3, 0.4) is 0 Å². The fourth-order valence-corrected chi connectivity index (χ4v) is 7.59. The molecule has 0 aromatic heterocycles. The average Bonchev–Trinajstić information content (AvgIpc) is 3.10. The van der Waals surface area contributed by atoms with Crippen LogP contribution in [0.2, 0.25) is 0 Å². The molecular formula is C39H55N3O7. The van der Waals surface area contributed by atoms with Crippen LogP contribution in [0.15, 0.2) is 48.5 Å². The third-order valence-corrected chi connectivity index (χ3v) is 10.1. The van der Waals surface area contributed by atoms with Crippen LogP contribution >= 0.6 is 0 Å². The van der Waals surface area contributed by atoms with Crippen molar-refractivity contribution in [2.75, 3.05) is 59.7 Å². The molecule has 3 aliphatic heterocycles. The van der Waals surface area contributed by atoms with E-state index in [9.17, 15) is 14.4 Å². The molecule has 10 nitrogen and oxygen atoms in total. The molecule has 0 bridgehead atoms. The number of likely N-dealkylation sites (tertiary alicyclic amines) is 1. The number of rotatable bonds is 12. The van der Waals surface area contributed by atoms with E-state index in [1.807, 2.05) is 69.0 Å². The molecule has 2 atom stereocenters. The molecule has 0 aliphatic carbocycles. The molecule has 0 radical (unpaired) electrons. The molecule has 0 spiro atoms. The standard InChI is InChI=1S/C39H55N3O7/c1-6-41(24-28-17-21-47-22-18-28)36(44)30-23-29(25-42(26-30)37(45)49-38(2,3)4)35(43)40-27-39(19-11-12-20-46-5)31-13-7-9-15-33(31)48-34-16-10-8-14-32(34)39/h7-10,13-16,28-30H,6,11-12,17-27H2,1-5H3,(H,40,43)/t29-,30+/m0/s1. The number of methoxy groups -OCH3 is 1. The van der Waals surface area contributed by atoms with Gasteiger partial charge in [0.2, 0.25) is 11.8 Å². The molecule has 0 unspecified atom stereocenters. The van der Waals surface area contributed by atoms with Gasteiger partial charge in [-0.1, -0.05) is 36.4 Å². The van der Waals surface area contributed by atoms with E-state index < -0.39 is 28.9 Å². The van der Waals surface area contributed by atoms with E-state index in [1.165, 1.54) is 0 Å². The number of benzene rings is 2. The van der Waals surface area contributed by atoms with Crippen LogP contribution in [-0.4, -0.2) is 93.0 Å². The predicted molar refractivity (Wildman–Crippen MR) is 188 cm³/mol. The predicted octanol–water partition coefficient (Wildman–Crippen LogP) is 6.16. The number of nitrogens with one attached hydrogen (secondary N) is 1. The van der Waals surface area contributed by atoms with Crippen molar-refractivity contribution in [2.24, 2.45) is 17.8 Å². The average molecular weight is 678 g/mol. The van der Waals surface area contributed by atoms with Gasteiger partial charge in [-0.15, -0.1) is 0 Å². The Kier molecular flexibility index (Phi) is 12.3. The summed E-state index contributed by atoms with van der Waals surface area (Å²) in [5.74, 6) is 0.680. The number of unbranched alkanes of at least 4 members (excludes halogenated alkanes) is 1. The minimum atomic E-state index is -0.705. The maximum absolute atomic E-state index is 14.3. The summed E-state index contributed by atoms with van der Waals surface area (Å²) in [6.07, 6.45) is 4.27. The fraction of sp³-hybridized carbons (Fsp3) is 0.615. The highest BCUT2D eigenvalue weighted by Crippen LogP contribution is 2.50. The van der Waals surface area contributed by atoms with Gasteiger partial charge in [-0.05, 0) is 84.3 Å². The number of carbonyl (C=O) groups is 3. The molecule has 3 heterocycles. The van der Waals surface area contributed by atoms with E-state index in [1.54, 1.807) is 12.0 Å². The SMILES string of the molecule is CCN(CC1CCOCC1)C(=O)[C@@H]1C[C@H](C(=O)NCC2(CCCCOC)c3ccccc3Oc3ccccc32)CN(C(=O)OC(C)(C)C)C1. The highest BCUT2D eigenvalue weighted by Gasteiger charge is 2.44. The van der Waals surface area contributed by atoms with Crippen molar-refractivity contribution in [1.82, 2.24) is 15.1 Å². The van der Waals surface area contributed by atoms with Gasteiger partial charge in [0.15, 0.2) is 0 Å². The van der Waals surface area contributed by atoms with Gasteiger partial charge in [0.05, 0.1) is 11.8 Å². The fourth-order valence-electron chi connectivity index (χ4n) is 7.59. The number of carbonyl (C=O) groups excluding carboxylic acids is 3. The topological polar surface area (TPSA) is 107 Å². The zero-order valence-electron chi connectivity index (χ0n) is 30.0. The molecule has 2 saturated heterocycles. The van der Waals surface area contributed by atoms with Gasteiger partial charge in [-0.3, -0.25) is 9.59 Å². The summed E-state index contributed by atoms with van der Waals surface area (Å²) >= 11 is 0. The second kappa shape index (κ2) is 16.4.